The highest BCUT2D eigenvalue weighted by Gasteiger charge is 2.36. The fourth-order valence-corrected chi connectivity index (χ4v) is 4.63. The van der Waals surface area contributed by atoms with E-state index in [2.05, 4.69) is 35.1 Å². The molecule has 3 heteroatoms. The molecule has 3 nitrogen and oxygen atoms in total. The Balaban J connectivity index is 1.73. The molecular weight excluding hydrogens is 246 g/mol. The van der Waals surface area contributed by atoms with Gasteiger partial charge in [0.1, 0.15) is 0 Å². The summed E-state index contributed by atoms with van der Waals surface area (Å²) in [7, 11) is 2.08. The molecule has 1 aromatic heterocycles. The molecule has 2 aliphatic carbocycles. The van der Waals surface area contributed by atoms with Crippen LogP contribution in [0.25, 0.3) is 0 Å². The molecule has 112 valence electrons. The van der Waals surface area contributed by atoms with Crippen molar-refractivity contribution >= 4 is 0 Å². The van der Waals surface area contributed by atoms with E-state index < -0.39 is 0 Å². The Morgan fingerprint density at radius 1 is 1.25 bits per heavy atom. The summed E-state index contributed by atoms with van der Waals surface area (Å²) in [5.74, 6) is 2.83. The summed E-state index contributed by atoms with van der Waals surface area (Å²) in [6.45, 7) is 3.26. The van der Waals surface area contributed by atoms with Crippen LogP contribution in [0, 0.1) is 17.8 Å². The number of nitrogens with one attached hydrogen (secondary N) is 1. The standard InChI is InChI=1S/C17H29N3/c1-3-18-17(16-10-11-19-20(16)2)15-9-8-13-6-4-5-7-14(13)12-15/h10-11,13-15,17-18H,3-9,12H2,1-2H3. The third-order valence-corrected chi connectivity index (χ3v) is 5.65. The van der Waals surface area contributed by atoms with Gasteiger partial charge in [-0.15, -0.1) is 0 Å². The second kappa shape index (κ2) is 6.30. The predicted octanol–water partition coefficient (Wildman–Crippen LogP) is 3.68. The summed E-state index contributed by atoms with van der Waals surface area (Å²) in [6, 6.07) is 2.69. The number of hydrogen-bond acceptors (Lipinski definition) is 2. The topological polar surface area (TPSA) is 29.9 Å². The molecule has 0 aromatic carbocycles. The molecule has 2 aliphatic rings. The molecule has 1 heterocycles. The van der Waals surface area contributed by atoms with Crippen LogP contribution in [-0.4, -0.2) is 16.3 Å². The molecule has 0 bridgehead atoms. The first-order valence-electron chi connectivity index (χ1n) is 8.51. The monoisotopic (exact) mass is 275 g/mol. The zero-order valence-corrected chi connectivity index (χ0v) is 13.0. The van der Waals surface area contributed by atoms with Gasteiger partial charge in [-0.1, -0.05) is 32.6 Å². The Morgan fingerprint density at radius 3 is 2.75 bits per heavy atom. The van der Waals surface area contributed by atoms with Crippen molar-refractivity contribution in [2.75, 3.05) is 6.54 Å². The first-order valence-corrected chi connectivity index (χ1v) is 8.51. The van der Waals surface area contributed by atoms with Crippen LogP contribution in [0.15, 0.2) is 12.3 Å². The summed E-state index contributed by atoms with van der Waals surface area (Å²) in [5.41, 5.74) is 1.37. The number of hydrogen-bond donors (Lipinski definition) is 1. The number of aromatic nitrogens is 2. The Morgan fingerprint density at radius 2 is 2.05 bits per heavy atom. The van der Waals surface area contributed by atoms with Gasteiger partial charge in [-0.2, -0.15) is 5.10 Å². The number of aryl methyl sites for hydroxylation is 1. The smallest absolute Gasteiger partial charge is 0.0553 e. The van der Waals surface area contributed by atoms with E-state index in [1.54, 1.807) is 0 Å². The molecular formula is C17H29N3. The third kappa shape index (κ3) is 2.78. The Hall–Kier alpha value is -0.830. The van der Waals surface area contributed by atoms with Gasteiger partial charge >= 0.3 is 0 Å². The van der Waals surface area contributed by atoms with Crippen molar-refractivity contribution in [3.8, 4) is 0 Å². The maximum absolute atomic E-state index is 4.37. The molecule has 0 aliphatic heterocycles. The van der Waals surface area contributed by atoms with Crippen molar-refractivity contribution in [1.82, 2.24) is 15.1 Å². The van der Waals surface area contributed by atoms with Crippen LogP contribution in [0.2, 0.25) is 0 Å². The van der Waals surface area contributed by atoms with Gasteiger partial charge < -0.3 is 5.32 Å². The molecule has 20 heavy (non-hydrogen) atoms. The van der Waals surface area contributed by atoms with E-state index in [-0.39, 0.29) is 0 Å². The zero-order valence-electron chi connectivity index (χ0n) is 13.0. The van der Waals surface area contributed by atoms with Gasteiger partial charge in [0.2, 0.25) is 0 Å². The van der Waals surface area contributed by atoms with E-state index in [9.17, 15) is 0 Å². The summed E-state index contributed by atoms with van der Waals surface area (Å²) in [5, 5.41) is 8.10. The maximum atomic E-state index is 4.37. The van der Waals surface area contributed by atoms with Gasteiger partial charge in [0, 0.05) is 13.2 Å². The highest BCUT2D eigenvalue weighted by molar-refractivity contribution is 5.09. The van der Waals surface area contributed by atoms with Gasteiger partial charge in [0.25, 0.3) is 0 Å². The van der Waals surface area contributed by atoms with Crippen molar-refractivity contribution in [2.24, 2.45) is 24.8 Å². The Kier molecular flexibility index (Phi) is 4.45. The van der Waals surface area contributed by atoms with E-state index in [0.717, 1.165) is 24.3 Å². The second-order valence-electron chi connectivity index (χ2n) is 6.79. The van der Waals surface area contributed by atoms with E-state index >= 15 is 0 Å². The van der Waals surface area contributed by atoms with E-state index in [0.29, 0.717) is 6.04 Å². The third-order valence-electron chi connectivity index (χ3n) is 5.65. The molecule has 3 rings (SSSR count). The highest BCUT2D eigenvalue weighted by atomic mass is 15.3. The van der Waals surface area contributed by atoms with E-state index in [1.807, 2.05) is 6.20 Å². The van der Waals surface area contributed by atoms with E-state index in [1.165, 1.54) is 50.6 Å². The van der Waals surface area contributed by atoms with Crippen LogP contribution >= 0.6 is 0 Å². The van der Waals surface area contributed by atoms with Gasteiger partial charge in [-0.05, 0) is 49.6 Å². The fraction of sp³-hybridized carbons (Fsp3) is 0.824. The lowest BCUT2D eigenvalue weighted by Crippen LogP contribution is -2.36. The van der Waals surface area contributed by atoms with Crippen LogP contribution in [0.4, 0.5) is 0 Å². The summed E-state index contributed by atoms with van der Waals surface area (Å²) in [4.78, 5) is 0. The van der Waals surface area contributed by atoms with Crippen molar-refractivity contribution in [1.29, 1.82) is 0 Å². The van der Waals surface area contributed by atoms with Crippen LogP contribution < -0.4 is 5.32 Å². The van der Waals surface area contributed by atoms with Crippen LogP contribution in [-0.2, 0) is 7.05 Å². The molecule has 1 aromatic rings. The minimum atomic E-state index is 0.496. The average molecular weight is 275 g/mol. The highest BCUT2D eigenvalue weighted by Crippen LogP contribution is 2.46. The minimum absolute atomic E-state index is 0.496. The molecule has 1 N–H and O–H groups in total. The molecule has 0 spiro atoms. The van der Waals surface area contributed by atoms with Gasteiger partial charge in [0.15, 0.2) is 0 Å². The second-order valence-corrected chi connectivity index (χ2v) is 6.79. The van der Waals surface area contributed by atoms with Crippen LogP contribution in [0.1, 0.15) is 63.6 Å². The van der Waals surface area contributed by atoms with Crippen LogP contribution in [0.3, 0.4) is 0 Å². The predicted molar refractivity (Wildman–Crippen MR) is 82.4 cm³/mol. The van der Waals surface area contributed by atoms with Crippen LogP contribution in [0.5, 0.6) is 0 Å². The minimum Gasteiger partial charge on any atom is -0.309 e. The molecule has 0 saturated heterocycles. The van der Waals surface area contributed by atoms with E-state index in [4.69, 9.17) is 0 Å². The van der Waals surface area contributed by atoms with Crippen molar-refractivity contribution in [3.05, 3.63) is 18.0 Å². The van der Waals surface area contributed by atoms with Gasteiger partial charge in [-0.3, -0.25) is 4.68 Å². The molecule has 0 radical (unpaired) electrons. The summed E-state index contributed by atoms with van der Waals surface area (Å²) >= 11 is 0. The quantitative estimate of drug-likeness (QED) is 0.908. The zero-order chi connectivity index (χ0) is 13.9. The normalized spacial score (nSPS) is 31.8. The molecule has 2 fully saturated rings. The van der Waals surface area contributed by atoms with Crippen molar-refractivity contribution < 1.29 is 0 Å². The first kappa shape index (κ1) is 14.1. The lowest BCUT2D eigenvalue weighted by Gasteiger charge is -2.42. The van der Waals surface area contributed by atoms with Gasteiger partial charge in [-0.25, -0.2) is 0 Å². The SMILES string of the molecule is CCNC(c1ccnn1C)C1CCC2CCCCC2C1. The molecule has 2 saturated carbocycles. The lowest BCUT2D eigenvalue weighted by atomic mass is 9.66. The number of rotatable bonds is 4. The average Bonchev–Trinajstić information content (AvgIpc) is 2.90. The maximum Gasteiger partial charge on any atom is 0.0553 e. The van der Waals surface area contributed by atoms with Gasteiger partial charge in [0.05, 0.1) is 11.7 Å². The molecule has 4 atom stereocenters. The van der Waals surface area contributed by atoms with Crippen molar-refractivity contribution in [2.45, 2.75) is 57.9 Å². The Labute approximate surface area is 123 Å². The fourth-order valence-electron chi connectivity index (χ4n) is 4.63. The summed E-state index contributed by atoms with van der Waals surface area (Å²) < 4.78 is 2.06. The number of nitrogens with zero attached hydrogens (tertiary/aromatic N) is 2. The Bertz CT molecular complexity index is 426. The lowest BCUT2D eigenvalue weighted by molar-refractivity contribution is 0.108. The van der Waals surface area contributed by atoms with Crippen molar-refractivity contribution in [3.63, 3.8) is 0 Å². The first-order chi connectivity index (χ1) is 9.79. The molecule has 4 unspecified atom stereocenters. The number of fused-ring (bicyclic) bond motifs is 1. The summed E-state index contributed by atoms with van der Waals surface area (Å²) in [6.07, 6.45) is 12.1. The largest absolute Gasteiger partial charge is 0.309 e. The molecule has 0 amide bonds.